The van der Waals surface area contributed by atoms with Crippen LogP contribution in [0.5, 0.6) is 0 Å². The molecule has 2 aromatic rings. The van der Waals surface area contributed by atoms with Crippen molar-refractivity contribution in [1.29, 1.82) is 0 Å². The molecule has 1 aromatic heterocycles. The first-order chi connectivity index (χ1) is 8.66. The van der Waals surface area contributed by atoms with Crippen molar-refractivity contribution >= 4 is 28.2 Å². The maximum atomic E-state index is 13.7. The van der Waals surface area contributed by atoms with Gasteiger partial charge in [0.05, 0.1) is 4.90 Å². The molecular formula is C13H10F2OS2. The fourth-order valence-corrected chi connectivity index (χ4v) is 2.82. The van der Waals surface area contributed by atoms with Gasteiger partial charge in [-0.25, -0.2) is 8.78 Å². The normalized spacial score (nSPS) is 12.3. The largest absolute Gasteiger partial charge is 0.283 e. The van der Waals surface area contributed by atoms with E-state index in [1.54, 1.807) is 17.5 Å². The summed E-state index contributed by atoms with van der Waals surface area (Å²) in [4.78, 5) is 11.8. The van der Waals surface area contributed by atoms with Gasteiger partial charge in [-0.1, -0.05) is 12.1 Å². The molecule has 0 amide bonds. The zero-order chi connectivity index (χ0) is 13.0. The van der Waals surface area contributed by atoms with Gasteiger partial charge in [-0.2, -0.15) is 11.3 Å². The lowest BCUT2D eigenvalue weighted by atomic mass is 10.2. The number of hydrogen-bond donors (Lipinski definition) is 0. The van der Waals surface area contributed by atoms with Crippen molar-refractivity contribution in [2.75, 3.05) is 0 Å². The monoisotopic (exact) mass is 284 g/mol. The lowest BCUT2D eigenvalue weighted by Gasteiger charge is -2.06. The van der Waals surface area contributed by atoms with E-state index < -0.39 is 17.1 Å². The van der Waals surface area contributed by atoms with Gasteiger partial charge >= 0.3 is 0 Å². The molecule has 0 spiro atoms. The van der Waals surface area contributed by atoms with Crippen LogP contribution in [0, 0.1) is 5.82 Å². The number of thioether (sulfide) groups is 1. The third kappa shape index (κ3) is 3.40. The van der Waals surface area contributed by atoms with Gasteiger partial charge in [0.1, 0.15) is 5.82 Å². The van der Waals surface area contributed by atoms with Gasteiger partial charge in [-0.3, -0.25) is 4.79 Å². The molecule has 18 heavy (non-hydrogen) atoms. The highest BCUT2D eigenvalue weighted by Gasteiger charge is 2.20. The second kappa shape index (κ2) is 6.11. The molecule has 0 fully saturated rings. The summed E-state index contributed by atoms with van der Waals surface area (Å²) in [6, 6.07) is 7.64. The zero-order valence-electron chi connectivity index (χ0n) is 9.31. The van der Waals surface area contributed by atoms with Crippen molar-refractivity contribution in [3.63, 3.8) is 0 Å². The first kappa shape index (κ1) is 13.2. The predicted molar refractivity (Wildman–Crippen MR) is 70.2 cm³/mol. The first-order valence-corrected chi connectivity index (χ1v) is 7.04. The standard InChI is InChI=1S/C13H10F2OS2/c14-10-3-1-2-4-12(10)18-13(16)11(15)7-9-5-6-17-8-9/h1-6,8,11H,7H2. The van der Waals surface area contributed by atoms with E-state index in [0.29, 0.717) is 11.8 Å². The van der Waals surface area contributed by atoms with Crippen LogP contribution in [0.4, 0.5) is 8.78 Å². The summed E-state index contributed by atoms with van der Waals surface area (Å²) in [6.45, 7) is 0. The van der Waals surface area contributed by atoms with Gasteiger partial charge in [0.15, 0.2) is 6.17 Å². The van der Waals surface area contributed by atoms with Gasteiger partial charge in [0.25, 0.3) is 0 Å². The maximum Gasteiger partial charge on any atom is 0.228 e. The molecule has 1 atom stereocenters. The van der Waals surface area contributed by atoms with E-state index in [9.17, 15) is 13.6 Å². The Balaban J connectivity index is 1.98. The van der Waals surface area contributed by atoms with Crippen molar-refractivity contribution in [1.82, 2.24) is 0 Å². The summed E-state index contributed by atoms with van der Waals surface area (Å²) in [5, 5.41) is 2.97. The van der Waals surface area contributed by atoms with Crippen LogP contribution in [-0.4, -0.2) is 11.3 Å². The molecule has 1 unspecified atom stereocenters. The summed E-state index contributed by atoms with van der Waals surface area (Å²) in [7, 11) is 0. The summed E-state index contributed by atoms with van der Waals surface area (Å²) in [5.41, 5.74) is 0.787. The molecule has 0 saturated carbocycles. The molecular weight excluding hydrogens is 274 g/mol. The Bertz CT molecular complexity index is 526. The molecule has 0 radical (unpaired) electrons. The second-order valence-corrected chi connectivity index (χ2v) is 5.48. The van der Waals surface area contributed by atoms with E-state index >= 15 is 0 Å². The molecule has 1 aromatic carbocycles. The topological polar surface area (TPSA) is 17.1 Å². The van der Waals surface area contributed by atoms with Gasteiger partial charge in [0, 0.05) is 6.42 Å². The number of carbonyl (C=O) groups excluding carboxylic acids is 1. The van der Waals surface area contributed by atoms with E-state index in [4.69, 9.17) is 0 Å². The van der Waals surface area contributed by atoms with Crippen molar-refractivity contribution in [2.24, 2.45) is 0 Å². The van der Waals surface area contributed by atoms with Crippen molar-refractivity contribution in [3.8, 4) is 0 Å². The van der Waals surface area contributed by atoms with E-state index in [1.165, 1.54) is 29.5 Å². The minimum atomic E-state index is -1.61. The Morgan fingerprint density at radius 3 is 2.78 bits per heavy atom. The molecule has 0 aliphatic carbocycles. The van der Waals surface area contributed by atoms with Crippen LogP contribution in [0.3, 0.4) is 0 Å². The molecule has 0 aliphatic heterocycles. The van der Waals surface area contributed by atoms with E-state index in [2.05, 4.69) is 0 Å². The van der Waals surface area contributed by atoms with Crippen LogP contribution in [0.1, 0.15) is 5.56 Å². The minimum absolute atomic E-state index is 0.0454. The van der Waals surface area contributed by atoms with Crippen LogP contribution in [0.15, 0.2) is 46.0 Å². The number of benzene rings is 1. The molecule has 0 bridgehead atoms. The number of alkyl halides is 1. The fourth-order valence-electron chi connectivity index (χ4n) is 1.40. The number of halogens is 2. The lowest BCUT2D eigenvalue weighted by molar-refractivity contribution is -0.115. The van der Waals surface area contributed by atoms with Crippen LogP contribution >= 0.6 is 23.1 Å². The highest BCUT2D eigenvalue weighted by atomic mass is 32.2. The fraction of sp³-hybridized carbons (Fsp3) is 0.154. The van der Waals surface area contributed by atoms with Gasteiger partial charge < -0.3 is 0 Å². The molecule has 0 aliphatic rings. The summed E-state index contributed by atoms with van der Waals surface area (Å²) in [5.74, 6) is -0.501. The third-order valence-electron chi connectivity index (χ3n) is 2.30. The summed E-state index contributed by atoms with van der Waals surface area (Å²) >= 11 is 2.07. The van der Waals surface area contributed by atoms with Gasteiger partial charge in [-0.05, 0) is 46.3 Å². The number of carbonyl (C=O) groups is 1. The highest BCUT2D eigenvalue weighted by molar-refractivity contribution is 8.13. The zero-order valence-corrected chi connectivity index (χ0v) is 10.9. The van der Waals surface area contributed by atoms with E-state index in [0.717, 1.165) is 5.56 Å². The molecule has 2 rings (SSSR count). The summed E-state index contributed by atoms with van der Waals surface area (Å²) < 4.78 is 27.0. The Morgan fingerprint density at radius 1 is 1.33 bits per heavy atom. The number of rotatable bonds is 4. The third-order valence-corrected chi connectivity index (χ3v) is 4.04. The van der Waals surface area contributed by atoms with Crippen LogP contribution < -0.4 is 0 Å². The first-order valence-electron chi connectivity index (χ1n) is 5.28. The van der Waals surface area contributed by atoms with Crippen LogP contribution in [0.25, 0.3) is 0 Å². The quantitative estimate of drug-likeness (QED) is 0.787. The molecule has 0 saturated heterocycles. The Morgan fingerprint density at radius 2 is 2.11 bits per heavy atom. The molecule has 1 nitrogen and oxygen atoms in total. The highest BCUT2D eigenvalue weighted by Crippen LogP contribution is 2.25. The molecule has 1 heterocycles. The van der Waals surface area contributed by atoms with Gasteiger partial charge in [-0.15, -0.1) is 0 Å². The summed E-state index contributed by atoms with van der Waals surface area (Å²) in [6.07, 6.45) is -1.56. The Hall–Kier alpha value is -1.20. The van der Waals surface area contributed by atoms with Gasteiger partial charge in [0.2, 0.25) is 5.12 Å². The Labute approximate surface area is 112 Å². The van der Waals surface area contributed by atoms with Crippen molar-refractivity contribution in [3.05, 3.63) is 52.5 Å². The lowest BCUT2D eigenvalue weighted by Crippen LogP contribution is -2.14. The van der Waals surface area contributed by atoms with E-state index in [-0.39, 0.29) is 11.3 Å². The maximum absolute atomic E-state index is 13.7. The number of hydrogen-bond acceptors (Lipinski definition) is 3. The second-order valence-electron chi connectivity index (χ2n) is 3.65. The van der Waals surface area contributed by atoms with E-state index in [1.807, 2.05) is 5.38 Å². The average molecular weight is 284 g/mol. The van der Waals surface area contributed by atoms with Crippen molar-refractivity contribution in [2.45, 2.75) is 17.5 Å². The van der Waals surface area contributed by atoms with Crippen LogP contribution in [0.2, 0.25) is 0 Å². The molecule has 5 heteroatoms. The van der Waals surface area contributed by atoms with Crippen molar-refractivity contribution < 1.29 is 13.6 Å². The number of thiophene rings is 1. The smallest absolute Gasteiger partial charge is 0.228 e. The predicted octanol–water partition coefficient (Wildman–Crippen LogP) is 4.09. The Kier molecular flexibility index (Phi) is 4.49. The van der Waals surface area contributed by atoms with Crippen LogP contribution in [-0.2, 0) is 11.2 Å². The minimum Gasteiger partial charge on any atom is -0.283 e. The SMILES string of the molecule is O=C(Sc1ccccc1F)C(F)Cc1ccsc1. The average Bonchev–Trinajstić information content (AvgIpc) is 2.84. The molecule has 0 N–H and O–H groups in total. The molecule has 94 valence electrons.